The minimum atomic E-state index is 0. The van der Waals surface area contributed by atoms with Crippen LogP contribution >= 0.6 is 0 Å². The summed E-state index contributed by atoms with van der Waals surface area (Å²) in [6.07, 6.45) is 5.40. The van der Waals surface area contributed by atoms with Gasteiger partial charge in [0.2, 0.25) is 0 Å². The topological polar surface area (TPSA) is 0 Å². The fraction of sp³-hybridized carbons (Fsp3) is 0.789. The van der Waals surface area contributed by atoms with E-state index in [-0.39, 0.29) is 14.9 Å². The van der Waals surface area contributed by atoms with Gasteiger partial charge in [-0.15, -0.1) is 26.3 Å². The van der Waals surface area contributed by atoms with Crippen LogP contribution in [0.3, 0.4) is 0 Å². The molecule has 0 aliphatic rings. The average molecular weight is 275 g/mol. The van der Waals surface area contributed by atoms with Crippen molar-refractivity contribution in [2.45, 2.75) is 89.0 Å². The van der Waals surface area contributed by atoms with Gasteiger partial charge in [-0.3, -0.25) is 0 Å². The molecule has 0 bridgehead atoms. The summed E-state index contributed by atoms with van der Waals surface area (Å²) >= 11 is 0. The van der Waals surface area contributed by atoms with E-state index in [0.29, 0.717) is 5.41 Å². The zero-order chi connectivity index (χ0) is 14.9. The molecule has 0 rings (SSSR count). The fourth-order valence-corrected chi connectivity index (χ4v) is 1.48. The van der Waals surface area contributed by atoms with Gasteiger partial charge in [-0.25, -0.2) is 0 Å². The molecule has 0 radical (unpaired) electrons. The number of rotatable bonds is 4. The summed E-state index contributed by atoms with van der Waals surface area (Å²) in [5.74, 6) is 0.833. The van der Waals surface area contributed by atoms with Gasteiger partial charge in [-0.2, -0.15) is 0 Å². The zero-order valence-electron chi connectivity index (χ0n) is 13.7. The molecule has 19 heavy (non-hydrogen) atoms. The van der Waals surface area contributed by atoms with Crippen LogP contribution in [0.5, 0.6) is 0 Å². The summed E-state index contributed by atoms with van der Waals surface area (Å²) in [7, 11) is 0. The Labute approximate surface area is 127 Å². The molecule has 0 aromatic carbocycles. The molecule has 122 valence electrons. The Kier molecular flexibility index (Phi) is 58.2. The molecule has 0 saturated carbocycles. The van der Waals surface area contributed by atoms with Crippen molar-refractivity contribution in [1.29, 1.82) is 0 Å². The maximum atomic E-state index is 3.00. The lowest BCUT2D eigenvalue weighted by Crippen LogP contribution is -2.09. The molecular formula is C19H46. The van der Waals surface area contributed by atoms with Gasteiger partial charge in [0.1, 0.15) is 0 Å². The van der Waals surface area contributed by atoms with E-state index < -0.39 is 0 Å². The summed E-state index contributed by atoms with van der Waals surface area (Å²) < 4.78 is 0. The second-order valence-corrected chi connectivity index (χ2v) is 5.40. The van der Waals surface area contributed by atoms with Crippen LogP contribution in [0.25, 0.3) is 0 Å². The summed E-state index contributed by atoms with van der Waals surface area (Å²) in [6, 6.07) is 0. The third kappa shape index (κ3) is 74.9. The Morgan fingerprint density at radius 2 is 0.895 bits per heavy atom. The first kappa shape index (κ1) is 36.3. The average Bonchev–Trinajstić information content (AvgIpc) is 2.22. The molecule has 0 nitrogen and oxygen atoms in total. The maximum Gasteiger partial charge on any atom is -0.0354 e. The van der Waals surface area contributed by atoms with E-state index in [1.54, 1.807) is 0 Å². The van der Waals surface area contributed by atoms with Gasteiger partial charge in [0.15, 0.2) is 0 Å². The lowest BCUT2D eigenvalue weighted by molar-refractivity contribution is 0.301. The smallest absolute Gasteiger partial charge is 0.0354 e. The Hall–Kier alpha value is -0.520. The molecule has 0 unspecified atom stereocenters. The first-order valence-corrected chi connectivity index (χ1v) is 6.85. The zero-order valence-corrected chi connectivity index (χ0v) is 13.7. The Morgan fingerprint density at radius 1 is 0.737 bits per heavy atom. The molecule has 0 aliphatic heterocycles. The number of hydrogen-bond acceptors (Lipinski definition) is 0. The molecule has 0 N–H and O–H groups in total. The van der Waals surface area contributed by atoms with Gasteiger partial charge >= 0.3 is 0 Å². The van der Waals surface area contributed by atoms with Crippen molar-refractivity contribution in [3.05, 3.63) is 26.3 Å². The van der Waals surface area contributed by atoms with E-state index in [2.05, 4.69) is 74.8 Å². The normalized spacial score (nSPS) is 8.00. The highest BCUT2D eigenvalue weighted by Gasteiger charge is 2.13. The van der Waals surface area contributed by atoms with E-state index in [0.717, 1.165) is 5.92 Å². The molecule has 0 aliphatic carbocycles. The Balaban J connectivity index is -0.0000000363. The van der Waals surface area contributed by atoms with Gasteiger partial charge in [-0.1, -0.05) is 76.2 Å². The highest BCUT2D eigenvalue weighted by molar-refractivity contribution is 4.66. The molecular weight excluding hydrogens is 228 g/mol. The first-order valence-electron chi connectivity index (χ1n) is 6.85. The molecule has 0 aromatic rings. The predicted molar refractivity (Wildman–Crippen MR) is 100 cm³/mol. The fourth-order valence-electron chi connectivity index (χ4n) is 1.48. The highest BCUT2D eigenvalue weighted by Crippen LogP contribution is 2.27. The lowest BCUT2D eigenvalue weighted by atomic mass is 9.84. The van der Waals surface area contributed by atoms with Crippen LogP contribution in [0.15, 0.2) is 26.3 Å². The van der Waals surface area contributed by atoms with Gasteiger partial charge in [0.05, 0.1) is 0 Å². The van der Waals surface area contributed by atoms with Gasteiger partial charge in [-0.05, 0) is 24.2 Å². The largest absolute Gasteiger partial charge is 0.106 e. The van der Waals surface area contributed by atoms with Crippen molar-refractivity contribution in [2.24, 2.45) is 11.3 Å². The molecule has 0 heterocycles. The highest BCUT2D eigenvalue weighted by atomic mass is 14.2. The van der Waals surface area contributed by atoms with E-state index in [1.165, 1.54) is 25.7 Å². The van der Waals surface area contributed by atoms with E-state index in [9.17, 15) is 0 Å². The van der Waals surface area contributed by atoms with Crippen molar-refractivity contribution in [3.63, 3.8) is 0 Å². The van der Waals surface area contributed by atoms with Crippen LogP contribution in [0.2, 0.25) is 0 Å². The Bertz CT molecular complexity index is 98.5. The molecule has 0 aromatic heterocycles. The van der Waals surface area contributed by atoms with Crippen LogP contribution in [0.1, 0.15) is 89.0 Å². The molecule has 0 fully saturated rings. The van der Waals surface area contributed by atoms with Crippen molar-refractivity contribution < 1.29 is 0 Å². The van der Waals surface area contributed by atoms with Crippen LogP contribution in [0.4, 0.5) is 0 Å². The van der Waals surface area contributed by atoms with E-state index >= 15 is 0 Å². The molecule has 0 spiro atoms. The van der Waals surface area contributed by atoms with Crippen molar-refractivity contribution in [2.75, 3.05) is 0 Å². The van der Waals surface area contributed by atoms with Crippen molar-refractivity contribution in [1.82, 2.24) is 0 Å². The molecule has 0 heteroatoms. The van der Waals surface area contributed by atoms with E-state index in [1.807, 2.05) is 0 Å². The van der Waals surface area contributed by atoms with Crippen LogP contribution < -0.4 is 0 Å². The maximum absolute atomic E-state index is 3.00. The summed E-state index contributed by atoms with van der Waals surface area (Å²) in [5, 5.41) is 0. The monoisotopic (exact) mass is 274 g/mol. The van der Waals surface area contributed by atoms with Crippen molar-refractivity contribution in [3.8, 4) is 0 Å². The second kappa shape index (κ2) is 30.5. The summed E-state index contributed by atoms with van der Waals surface area (Å²) in [5.41, 5.74) is 0.601. The van der Waals surface area contributed by atoms with Gasteiger partial charge in [0, 0.05) is 0 Å². The third-order valence-electron chi connectivity index (χ3n) is 1.85. The van der Waals surface area contributed by atoms with Crippen LogP contribution in [-0.2, 0) is 0 Å². The van der Waals surface area contributed by atoms with Gasteiger partial charge < -0.3 is 0 Å². The molecule has 0 amide bonds. The SMILES string of the molecule is C.C.C=C.C=C.CC(C)C.CCCC(C)(C)CCC. The first-order chi connectivity index (χ1) is 7.85. The summed E-state index contributed by atoms with van der Waals surface area (Å²) in [4.78, 5) is 0. The Morgan fingerprint density at radius 3 is 1.00 bits per heavy atom. The standard InChI is InChI=1S/C9H20.C4H10.2C2H4.2CH4/c1-5-7-9(3,4)8-6-2;1-4(2)3;2*1-2;;/h5-8H2,1-4H3;4H,1-3H3;2*1-2H2;2*1H4. The van der Waals surface area contributed by atoms with Gasteiger partial charge in [0.25, 0.3) is 0 Å². The predicted octanol–water partition coefficient (Wildman–Crippen LogP) is 8.15. The lowest BCUT2D eigenvalue weighted by Gasteiger charge is -2.22. The minimum absolute atomic E-state index is 0. The third-order valence-corrected chi connectivity index (χ3v) is 1.85. The van der Waals surface area contributed by atoms with Crippen LogP contribution in [0, 0.1) is 11.3 Å². The molecule has 0 atom stereocenters. The van der Waals surface area contributed by atoms with Crippen molar-refractivity contribution >= 4 is 0 Å². The molecule has 0 saturated heterocycles. The van der Waals surface area contributed by atoms with E-state index in [4.69, 9.17) is 0 Å². The van der Waals surface area contributed by atoms with Crippen LogP contribution in [-0.4, -0.2) is 0 Å². The minimum Gasteiger partial charge on any atom is -0.106 e. The number of hydrogen-bond donors (Lipinski definition) is 0. The second-order valence-electron chi connectivity index (χ2n) is 5.40. The quantitative estimate of drug-likeness (QED) is 0.454. The summed E-state index contributed by atoms with van der Waals surface area (Å²) in [6.45, 7) is 27.7.